The third-order valence-corrected chi connectivity index (χ3v) is 4.45. The smallest absolute Gasteiger partial charge is 0.281 e. The lowest BCUT2D eigenvalue weighted by Crippen LogP contribution is -2.17. The SMILES string of the molecule is CCNc1cccnc1S(=O)(=O)Nc1cc(Cl)ccc1Cl. The molecule has 0 bridgehead atoms. The lowest BCUT2D eigenvalue weighted by Gasteiger charge is -2.12. The van der Waals surface area contributed by atoms with Gasteiger partial charge in [-0.25, -0.2) is 4.98 Å². The van der Waals surface area contributed by atoms with Crippen molar-refractivity contribution in [1.82, 2.24) is 4.98 Å². The molecule has 0 aliphatic carbocycles. The van der Waals surface area contributed by atoms with Gasteiger partial charge in [0.15, 0.2) is 5.03 Å². The Morgan fingerprint density at radius 3 is 2.67 bits per heavy atom. The molecule has 1 aromatic heterocycles. The first-order chi connectivity index (χ1) is 9.94. The number of sulfonamides is 1. The second kappa shape index (κ2) is 6.51. The van der Waals surface area contributed by atoms with E-state index in [4.69, 9.17) is 23.2 Å². The summed E-state index contributed by atoms with van der Waals surface area (Å²) >= 11 is 11.8. The number of hydrogen-bond donors (Lipinski definition) is 2. The Labute approximate surface area is 133 Å². The summed E-state index contributed by atoms with van der Waals surface area (Å²) in [6, 6.07) is 7.84. The predicted molar refractivity (Wildman–Crippen MR) is 85.7 cm³/mol. The summed E-state index contributed by atoms with van der Waals surface area (Å²) in [5, 5.41) is 3.49. The van der Waals surface area contributed by atoms with Crippen LogP contribution < -0.4 is 10.0 Å². The average Bonchev–Trinajstić information content (AvgIpc) is 2.43. The van der Waals surface area contributed by atoms with Crippen LogP contribution in [0, 0.1) is 0 Å². The minimum Gasteiger partial charge on any atom is -0.383 e. The van der Waals surface area contributed by atoms with Crippen LogP contribution in [0.3, 0.4) is 0 Å². The van der Waals surface area contributed by atoms with Crippen molar-refractivity contribution in [2.75, 3.05) is 16.6 Å². The van der Waals surface area contributed by atoms with E-state index in [0.29, 0.717) is 17.3 Å². The molecule has 2 aromatic rings. The molecule has 0 radical (unpaired) electrons. The molecule has 8 heteroatoms. The minimum absolute atomic E-state index is 0.0945. The monoisotopic (exact) mass is 345 g/mol. The number of rotatable bonds is 5. The van der Waals surface area contributed by atoms with E-state index in [1.165, 1.54) is 18.3 Å². The highest BCUT2D eigenvalue weighted by atomic mass is 35.5. The Morgan fingerprint density at radius 2 is 1.95 bits per heavy atom. The van der Waals surface area contributed by atoms with Gasteiger partial charge in [-0.2, -0.15) is 8.42 Å². The second-order valence-electron chi connectivity index (χ2n) is 4.12. The normalized spacial score (nSPS) is 11.2. The van der Waals surface area contributed by atoms with E-state index in [1.807, 2.05) is 6.92 Å². The number of nitrogens with one attached hydrogen (secondary N) is 2. The maximum absolute atomic E-state index is 12.4. The zero-order valence-corrected chi connectivity index (χ0v) is 13.4. The van der Waals surface area contributed by atoms with E-state index >= 15 is 0 Å². The standard InChI is InChI=1S/C13H13Cl2N3O2S/c1-2-16-11-4-3-7-17-13(11)21(19,20)18-12-8-9(14)5-6-10(12)15/h3-8,16,18H,2H2,1H3. The van der Waals surface area contributed by atoms with Crippen LogP contribution in [0.25, 0.3) is 0 Å². The summed E-state index contributed by atoms with van der Waals surface area (Å²) in [6.07, 6.45) is 1.41. The van der Waals surface area contributed by atoms with Crippen LogP contribution in [-0.2, 0) is 10.0 Å². The Hall–Kier alpha value is -1.50. The Bertz CT molecular complexity index is 751. The number of halogens is 2. The maximum Gasteiger partial charge on any atom is 0.281 e. The zero-order valence-electron chi connectivity index (χ0n) is 11.1. The minimum atomic E-state index is -3.87. The fraction of sp³-hybridized carbons (Fsp3) is 0.154. The molecule has 21 heavy (non-hydrogen) atoms. The highest BCUT2D eigenvalue weighted by Crippen LogP contribution is 2.28. The third kappa shape index (κ3) is 3.78. The van der Waals surface area contributed by atoms with E-state index in [-0.39, 0.29) is 15.7 Å². The van der Waals surface area contributed by atoms with E-state index in [0.717, 1.165) is 0 Å². The van der Waals surface area contributed by atoms with Crippen LogP contribution >= 0.6 is 23.2 Å². The molecule has 5 nitrogen and oxygen atoms in total. The molecule has 0 fully saturated rings. The van der Waals surface area contributed by atoms with E-state index in [2.05, 4.69) is 15.0 Å². The number of anilines is 2. The first kappa shape index (κ1) is 15.9. The van der Waals surface area contributed by atoms with Crippen LogP contribution in [0.1, 0.15) is 6.92 Å². The lowest BCUT2D eigenvalue weighted by atomic mass is 10.3. The Kier molecular flexibility index (Phi) is 4.92. The highest BCUT2D eigenvalue weighted by molar-refractivity contribution is 7.92. The Morgan fingerprint density at radius 1 is 1.19 bits per heavy atom. The van der Waals surface area contributed by atoms with Gasteiger partial charge >= 0.3 is 0 Å². The molecule has 0 spiro atoms. The fourth-order valence-corrected chi connectivity index (χ4v) is 3.28. The molecule has 0 unspecified atom stereocenters. The summed E-state index contributed by atoms with van der Waals surface area (Å²) in [5.41, 5.74) is 0.628. The molecular weight excluding hydrogens is 333 g/mol. The van der Waals surface area contributed by atoms with Crippen LogP contribution in [-0.4, -0.2) is 19.9 Å². The largest absolute Gasteiger partial charge is 0.383 e. The van der Waals surface area contributed by atoms with Gasteiger partial charge in [0.25, 0.3) is 10.0 Å². The van der Waals surface area contributed by atoms with Gasteiger partial charge in [0.1, 0.15) is 0 Å². The van der Waals surface area contributed by atoms with Gasteiger partial charge < -0.3 is 5.32 Å². The highest BCUT2D eigenvalue weighted by Gasteiger charge is 2.21. The molecule has 2 rings (SSSR count). The topological polar surface area (TPSA) is 71.1 Å². The number of nitrogens with zero attached hydrogens (tertiary/aromatic N) is 1. The average molecular weight is 346 g/mol. The van der Waals surface area contributed by atoms with E-state index in [9.17, 15) is 8.42 Å². The van der Waals surface area contributed by atoms with Crippen LogP contribution in [0.15, 0.2) is 41.6 Å². The van der Waals surface area contributed by atoms with Gasteiger partial charge in [-0.3, -0.25) is 4.72 Å². The van der Waals surface area contributed by atoms with Gasteiger partial charge in [0.05, 0.1) is 16.4 Å². The summed E-state index contributed by atoms with van der Waals surface area (Å²) < 4.78 is 27.3. The molecule has 0 saturated heterocycles. The molecular formula is C13H13Cl2N3O2S. The first-order valence-electron chi connectivity index (χ1n) is 6.11. The van der Waals surface area contributed by atoms with Gasteiger partial charge in [-0.05, 0) is 37.3 Å². The van der Waals surface area contributed by atoms with Crippen molar-refractivity contribution in [3.8, 4) is 0 Å². The molecule has 2 N–H and O–H groups in total. The summed E-state index contributed by atoms with van der Waals surface area (Å²) in [6.45, 7) is 2.44. The lowest BCUT2D eigenvalue weighted by molar-refractivity contribution is 0.598. The number of hydrogen-bond acceptors (Lipinski definition) is 4. The number of pyridine rings is 1. The van der Waals surface area contributed by atoms with Crippen molar-refractivity contribution in [3.05, 3.63) is 46.6 Å². The fourth-order valence-electron chi connectivity index (χ4n) is 1.70. The van der Waals surface area contributed by atoms with E-state index < -0.39 is 10.0 Å². The number of benzene rings is 1. The molecule has 0 saturated carbocycles. The second-order valence-corrected chi connectivity index (χ2v) is 6.56. The van der Waals surface area contributed by atoms with Crippen molar-refractivity contribution >= 4 is 44.6 Å². The van der Waals surface area contributed by atoms with Crippen molar-refractivity contribution in [2.45, 2.75) is 11.9 Å². The van der Waals surface area contributed by atoms with Crippen molar-refractivity contribution < 1.29 is 8.42 Å². The quantitative estimate of drug-likeness (QED) is 0.867. The van der Waals surface area contributed by atoms with E-state index in [1.54, 1.807) is 18.2 Å². The first-order valence-corrected chi connectivity index (χ1v) is 8.34. The zero-order chi connectivity index (χ0) is 15.5. The van der Waals surface area contributed by atoms with Gasteiger partial charge in [0, 0.05) is 17.8 Å². The van der Waals surface area contributed by atoms with Gasteiger partial charge in [-0.1, -0.05) is 23.2 Å². The molecule has 0 aliphatic rings. The van der Waals surface area contributed by atoms with Gasteiger partial charge in [-0.15, -0.1) is 0 Å². The number of aromatic nitrogens is 1. The summed E-state index contributed by atoms with van der Waals surface area (Å²) in [7, 11) is -3.87. The Balaban J connectivity index is 2.41. The van der Waals surface area contributed by atoms with Crippen LogP contribution in [0.4, 0.5) is 11.4 Å². The molecule has 0 amide bonds. The van der Waals surface area contributed by atoms with Crippen LogP contribution in [0.5, 0.6) is 0 Å². The maximum atomic E-state index is 12.4. The molecule has 1 heterocycles. The predicted octanol–water partition coefficient (Wildman–Crippen LogP) is 3.62. The molecule has 112 valence electrons. The third-order valence-electron chi connectivity index (χ3n) is 2.57. The van der Waals surface area contributed by atoms with Crippen LogP contribution in [0.2, 0.25) is 10.0 Å². The van der Waals surface area contributed by atoms with Gasteiger partial charge in [0.2, 0.25) is 0 Å². The molecule has 1 aromatic carbocycles. The molecule has 0 aliphatic heterocycles. The van der Waals surface area contributed by atoms with Crippen molar-refractivity contribution in [1.29, 1.82) is 0 Å². The summed E-state index contributed by atoms with van der Waals surface area (Å²) in [5.74, 6) is 0. The van der Waals surface area contributed by atoms with Crippen molar-refractivity contribution in [3.63, 3.8) is 0 Å². The molecule has 0 atom stereocenters. The van der Waals surface area contributed by atoms with Crippen molar-refractivity contribution in [2.24, 2.45) is 0 Å². The summed E-state index contributed by atoms with van der Waals surface area (Å²) in [4.78, 5) is 3.93.